The lowest BCUT2D eigenvalue weighted by atomic mass is 9.96. The molecule has 0 bridgehead atoms. The van der Waals surface area contributed by atoms with Crippen LogP contribution in [0.2, 0.25) is 0 Å². The molecule has 0 aromatic carbocycles. The average Bonchev–Trinajstić information content (AvgIpc) is 2.33. The highest BCUT2D eigenvalue weighted by Crippen LogP contribution is 2.16. The van der Waals surface area contributed by atoms with Crippen molar-refractivity contribution in [1.29, 1.82) is 0 Å². The molecule has 0 radical (unpaired) electrons. The molecule has 0 aliphatic rings. The van der Waals surface area contributed by atoms with Gasteiger partial charge in [0, 0.05) is 0 Å². The van der Waals surface area contributed by atoms with Gasteiger partial charge in [0.2, 0.25) is 0 Å². The van der Waals surface area contributed by atoms with Gasteiger partial charge in [-0.25, -0.2) is 0 Å². The highest BCUT2D eigenvalue weighted by atomic mass is 16.5. The van der Waals surface area contributed by atoms with Gasteiger partial charge in [-0.15, -0.1) is 0 Å². The lowest BCUT2D eigenvalue weighted by Crippen LogP contribution is -2.51. The summed E-state index contributed by atoms with van der Waals surface area (Å²) in [6, 6.07) is -0.832. The number of hydrogen-bond acceptors (Lipinski definition) is 5. The first-order chi connectivity index (χ1) is 9.90. The summed E-state index contributed by atoms with van der Waals surface area (Å²) >= 11 is 0. The van der Waals surface area contributed by atoms with Crippen LogP contribution >= 0.6 is 0 Å². The number of esters is 1. The van der Waals surface area contributed by atoms with Gasteiger partial charge >= 0.3 is 11.9 Å². The van der Waals surface area contributed by atoms with Gasteiger partial charge in [0.15, 0.2) is 12.0 Å². The molecule has 0 saturated heterocycles. The van der Waals surface area contributed by atoms with E-state index in [1.165, 1.54) is 6.92 Å². The van der Waals surface area contributed by atoms with Crippen molar-refractivity contribution >= 4 is 17.7 Å². The third-order valence-electron chi connectivity index (χ3n) is 3.60. The summed E-state index contributed by atoms with van der Waals surface area (Å²) in [6.45, 7) is 5.11. The summed E-state index contributed by atoms with van der Waals surface area (Å²) in [6.07, 6.45) is -0.344. The van der Waals surface area contributed by atoms with Gasteiger partial charge in [-0.1, -0.05) is 20.3 Å². The first kappa shape index (κ1) is 20.5. The van der Waals surface area contributed by atoms with E-state index in [1.54, 1.807) is 0 Å². The Bertz CT molecular complexity index is 403. The molecular formula is C15H29N2O5+. The molecule has 0 saturated carbocycles. The maximum Gasteiger partial charge on any atom is 0.323 e. The van der Waals surface area contributed by atoms with E-state index >= 15 is 0 Å². The van der Waals surface area contributed by atoms with Gasteiger partial charge in [0.25, 0.3) is 0 Å². The summed E-state index contributed by atoms with van der Waals surface area (Å²) in [7, 11) is 5.48. The lowest BCUT2D eigenvalue weighted by Gasteiger charge is -2.32. The highest BCUT2D eigenvalue weighted by Gasteiger charge is 2.39. The molecule has 2 unspecified atom stereocenters. The molecule has 0 amide bonds. The Morgan fingerprint density at radius 1 is 1.23 bits per heavy atom. The van der Waals surface area contributed by atoms with Crippen molar-refractivity contribution in [1.82, 2.24) is 0 Å². The van der Waals surface area contributed by atoms with Crippen molar-refractivity contribution in [3.63, 3.8) is 0 Å². The van der Waals surface area contributed by atoms with Crippen molar-refractivity contribution in [3.05, 3.63) is 0 Å². The molecule has 0 heterocycles. The number of hydrogen-bond donors (Lipinski definition) is 2. The van der Waals surface area contributed by atoms with Gasteiger partial charge in [-0.2, -0.15) is 0 Å². The van der Waals surface area contributed by atoms with Crippen LogP contribution in [0.25, 0.3) is 0 Å². The average molecular weight is 317 g/mol. The van der Waals surface area contributed by atoms with Crippen molar-refractivity contribution in [2.45, 2.75) is 39.3 Å². The number of quaternary nitrogens is 1. The van der Waals surface area contributed by atoms with E-state index in [2.05, 4.69) is 0 Å². The van der Waals surface area contributed by atoms with Crippen LogP contribution in [0.5, 0.6) is 0 Å². The number of carboxylic acid groups (broad SMARTS) is 1. The number of Topliss-reactive ketones (excluding diaryl/α,β-unsaturated/α-hetero) is 1. The molecule has 0 rings (SSSR count). The second-order valence-corrected chi connectivity index (χ2v) is 6.79. The zero-order chi connectivity index (χ0) is 17.7. The Kier molecular flexibility index (Phi) is 7.69. The van der Waals surface area contributed by atoms with Crippen LogP contribution in [0, 0.1) is 11.8 Å². The Balaban J connectivity index is 5.29. The number of nitrogens with two attached hydrogens (primary N) is 1. The van der Waals surface area contributed by atoms with E-state index < -0.39 is 35.8 Å². The highest BCUT2D eigenvalue weighted by molar-refractivity contribution is 5.97. The van der Waals surface area contributed by atoms with Crippen LogP contribution in [0.1, 0.15) is 27.2 Å². The molecule has 0 aromatic rings. The maximum absolute atomic E-state index is 12.1. The predicted molar refractivity (Wildman–Crippen MR) is 82.0 cm³/mol. The molecule has 4 atom stereocenters. The second-order valence-electron chi connectivity index (χ2n) is 6.79. The molecule has 3 N–H and O–H groups in total. The van der Waals surface area contributed by atoms with E-state index in [-0.39, 0.29) is 12.5 Å². The predicted octanol–water partition coefficient (Wildman–Crippen LogP) is 0.268. The molecule has 7 nitrogen and oxygen atoms in total. The number of carboxylic acids is 1. The molecule has 0 aliphatic heterocycles. The van der Waals surface area contributed by atoms with Gasteiger partial charge in [-0.3, -0.25) is 14.4 Å². The normalized spacial score (nSPS) is 17.2. The molecule has 22 heavy (non-hydrogen) atoms. The Labute approximate surface area is 132 Å². The number of nitrogens with zero attached hydrogens (tertiary/aromatic N) is 1. The summed E-state index contributed by atoms with van der Waals surface area (Å²) in [5.74, 6) is -3.98. The first-order valence-corrected chi connectivity index (χ1v) is 7.40. The van der Waals surface area contributed by atoms with Crippen LogP contribution in [0.4, 0.5) is 0 Å². The third kappa shape index (κ3) is 6.53. The molecule has 0 spiro atoms. The fraction of sp³-hybridized carbons (Fsp3) is 0.800. The fourth-order valence-corrected chi connectivity index (χ4v) is 2.06. The van der Waals surface area contributed by atoms with Gasteiger partial charge in [-0.05, 0) is 12.8 Å². The molecule has 0 aromatic heterocycles. The van der Waals surface area contributed by atoms with Gasteiger partial charge in [0.1, 0.15) is 18.4 Å². The third-order valence-corrected chi connectivity index (χ3v) is 3.60. The zero-order valence-electron chi connectivity index (χ0n) is 14.3. The van der Waals surface area contributed by atoms with E-state index in [9.17, 15) is 19.5 Å². The number of aliphatic carboxylic acids is 1. The second kappa shape index (κ2) is 8.24. The Morgan fingerprint density at radius 2 is 1.73 bits per heavy atom. The quantitative estimate of drug-likeness (QED) is 0.359. The van der Waals surface area contributed by atoms with Crippen molar-refractivity contribution in [2.75, 3.05) is 27.7 Å². The maximum atomic E-state index is 12.1. The lowest BCUT2D eigenvalue weighted by molar-refractivity contribution is -0.873. The summed E-state index contributed by atoms with van der Waals surface area (Å²) in [4.78, 5) is 35.1. The van der Waals surface area contributed by atoms with E-state index in [4.69, 9.17) is 10.5 Å². The van der Waals surface area contributed by atoms with Crippen LogP contribution in [0.15, 0.2) is 0 Å². The molecule has 128 valence electrons. The number of carbonyl (C=O) groups is 3. The number of rotatable bonds is 9. The number of ether oxygens (including phenoxy) is 1. The minimum absolute atomic E-state index is 0.0853. The molecule has 0 aliphatic carbocycles. The molecule has 0 fully saturated rings. The fourth-order valence-electron chi connectivity index (χ4n) is 2.06. The summed E-state index contributed by atoms with van der Waals surface area (Å²) in [5, 5.41) is 9.27. The van der Waals surface area contributed by atoms with Gasteiger partial charge < -0.3 is 20.1 Å². The summed E-state index contributed by atoms with van der Waals surface area (Å²) < 4.78 is 5.67. The largest absolute Gasteiger partial charge is 0.481 e. The van der Waals surface area contributed by atoms with E-state index in [0.29, 0.717) is 10.9 Å². The SMILES string of the molecule is CC[C@H](C)[C@H](N)C(=O)OC(C[N+](C)(C)C)C(C(C)=O)C(=O)O. The molecular weight excluding hydrogens is 288 g/mol. The number of ketones is 1. The van der Waals surface area contributed by atoms with Crippen LogP contribution in [0.3, 0.4) is 0 Å². The minimum Gasteiger partial charge on any atom is -0.481 e. The van der Waals surface area contributed by atoms with E-state index in [1.807, 2.05) is 35.0 Å². The Morgan fingerprint density at radius 3 is 2.05 bits per heavy atom. The molecule has 7 heteroatoms. The number of likely N-dealkylation sites (N-methyl/N-ethyl adjacent to an activating group) is 1. The monoisotopic (exact) mass is 317 g/mol. The summed E-state index contributed by atoms with van der Waals surface area (Å²) in [5.41, 5.74) is 5.82. The van der Waals surface area contributed by atoms with Crippen molar-refractivity contribution in [3.8, 4) is 0 Å². The standard InChI is InChI=1S/C15H28N2O5/c1-7-9(2)13(16)15(21)22-11(8-17(4,5)6)12(10(3)18)14(19)20/h9,11-13H,7-8,16H2,1-6H3/p+1/t9-,11?,12?,13-/m0/s1. The van der Waals surface area contributed by atoms with Crippen molar-refractivity contribution < 1.29 is 28.7 Å². The van der Waals surface area contributed by atoms with Crippen LogP contribution in [-0.4, -0.2) is 67.1 Å². The smallest absolute Gasteiger partial charge is 0.323 e. The minimum atomic E-state index is -1.38. The zero-order valence-corrected chi connectivity index (χ0v) is 14.3. The van der Waals surface area contributed by atoms with Gasteiger partial charge in [0.05, 0.1) is 21.1 Å². The first-order valence-electron chi connectivity index (χ1n) is 7.40. The Hall–Kier alpha value is -1.47. The number of carbonyl (C=O) groups excluding carboxylic acids is 2. The van der Waals surface area contributed by atoms with Crippen molar-refractivity contribution in [2.24, 2.45) is 17.6 Å². The topological polar surface area (TPSA) is 107 Å². The van der Waals surface area contributed by atoms with Crippen LogP contribution in [-0.2, 0) is 19.1 Å². The van der Waals surface area contributed by atoms with E-state index in [0.717, 1.165) is 0 Å². The van der Waals surface area contributed by atoms with Crippen LogP contribution < -0.4 is 5.73 Å².